The Kier molecular flexibility index (Phi) is 9.74. The molecule has 0 unspecified atom stereocenters. The molecule has 7 heteroatoms. The Morgan fingerprint density at radius 1 is 0.969 bits per heavy atom. The molecule has 1 saturated heterocycles. The van der Waals surface area contributed by atoms with Crippen LogP contribution in [-0.2, 0) is 13.1 Å². The third-order valence-electron chi connectivity index (χ3n) is 6.05. The monoisotopic (exact) mass is 442 g/mol. The summed E-state index contributed by atoms with van der Waals surface area (Å²) in [5.41, 5.74) is 2.42. The molecule has 176 valence electrons. The second-order valence-electron chi connectivity index (χ2n) is 8.34. The molecule has 1 N–H and O–H groups in total. The van der Waals surface area contributed by atoms with E-state index in [1.165, 1.54) is 11.1 Å². The molecule has 0 aliphatic carbocycles. The summed E-state index contributed by atoms with van der Waals surface area (Å²) in [6.07, 6.45) is 3.14. The Bertz CT molecular complexity index is 797. The largest absolute Gasteiger partial charge is 0.493 e. The summed E-state index contributed by atoms with van der Waals surface area (Å²) >= 11 is 0. The third kappa shape index (κ3) is 7.45. The van der Waals surface area contributed by atoms with Gasteiger partial charge in [0.15, 0.2) is 11.5 Å². The van der Waals surface area contributed by atoms with Crippen LogP contribution in [0.15, 0.2) is 42.7 Å². The van der Waals surface area contributed by atoms with E-state index >= 15 is 0 Å². The Hall–Kier alpha value is -2.19. The minimum Gasteiger partial charge on any atom is -0.493 e. The minimum absolute atomic E-state index is 0.257. The summed E-state index contributed by atoms with van der Waals surface area (Å²) in [6, 6.07) is 10.1. The molecule has 0 spiro atoms. The number of piperazine rings is 1. The van der Waals surface area contributed by atoms with Crippen molar-refractivity contribution in [1.82, 2.24) is 19.7 Å². The third-order valence-corrected chi connectivity index (χ3v) is 6.05. The van der Waals surface area contributed by atoms with Gasteiger partial charge in [-0.05, 0) is 48.5 Å². The van der Waals surface area contributed by atoms with Crippen molar-refractivity contribution in [3.05, 3.63) is 53.9 Å². The zero-order valence-corrected chi connectivity index (χ0v) is 19.7. The second-order valence-corrected chi connectivity index (χ2v) is 8.34. The molecular weight excluding hydrogens is 404 g/mol. The number of aromatic nitrogens is 1. The van der Waals surface area contributed by atoms with E-state index in [1.807, 2.05) is 24.5 Å². The lowest BCUT2D eigenvalue weighted by atomic mass is 10.1. The number of aliphatic hydroxyl groups excluding tert-OH is 1. The van der Waals surface area contributed by atoms with Gasteiger partial charge in [-0.15, -0.1) is 0 Å². The molecule has 2 aromatic rings. The van der Waals surface area contributed by atoms with Crippen molar-refractivity contribution in [3.8, 4) is 11.5 Å². The van der Waals surface area contributed by atoms with Crippen molar-refractivity contribution >= 4 is 0 Å². The summed E-state index contributed by atoms with van der Waals surface area (Å²) in [6.45, 7) is 13.1. The first-order chi connectivity index (χ1) is 15.6. The number of likely N-dealkylation sites (N-methyl/N-ethyl adjacent to an activating group) is 1. The van der Waals surface area contributed by atoms with Crippen LogP contribution in [0.3, 0.4) is 0 Å². The van der Waals surface area contributed by atoms with Crippen LogP contribution in [0.1, 0.15) is 25.0 Å². The number of hydrogen-bond acceptors (Lipinski definition) is 7. The zero-order valence-electron chi connectivity index (χ0n) is 19.7. The molecule has 2 heterocycles. The van der Waals surface area contributed by atoms with E-state index in [-0.39, 0.29) is 6.61 Å². The SMILES string of the molecule is CCN1CCN(C[C@@H](O)COc2ccc(CN(CC)Cc3ccncc3)cc2OC)CC1. The van der Waals surface area contributed by atoms with Crippen LogP contribution in [0, 0.1) is 0 Å². The maximum atomic E-state index is 10.5. The Balaban J connectivity index is 1.51. The topological polar surface area (TPSA) is 61.3 Å². The van der Waals surface area contributed by atoms with Gasteiger partial charge in [-0.3, -0.25) is 14.8 Å². The molecule has 7 nitrogen and oxygen atoms in total. The second kappa shape index (κ2) is 12.7. The highest BCUT2D eigenvalue weighted by Gasteiger charge is 2.19. The molecule has 1 aliphatic heterocycles. The molecule has 1 fully saturated rings. The molecule has 3 rings (SSSR count). The van der Waals surface area contributed by atoms with Gasteiger partial charge in [-0.1, -0.05) is 19.9 Å². The van der Waals surface area contributed by atoms with E-state index in [9.17, 15) is 5.11 Å². The molecule has 0 bridgehead atoms. The first-order valence-corrected chi connectivity index (χ1v) is 11.6. The van der Waals surface area contributed by atoms with E-state index in [1.54, 1.807) is 7.11 Å². The molecule has 32 heavy (non-hydrogen) atoms. The highest BCUT2D eigenvalue weighted by molar-refractivity contribution is 5.43. The lowest BCUT2D eigenvalue weighted by Crippen LogP contribution is -2.49. The van der Waals surface area contributed by atoms with Crippen molar-refractivity contribution in [3.63, 3.8) is 0 Å². The first kappa shape index (κ1) is 24.5. The van der Waals surface area contributed by atoms with Crippen molar-refractivity contribution in [1.29, 1.82) is 0 Å². The highest BCUT2D eigenvalue weighted by Crippen LogP contribution is 2.29. The fourth-order valence-corrected chi connectivity index (χ4v) is 4.04. The van der Waals surface area contributed by atoms with Crippen LogP contribution in [0.5, 0.6) is 11.5 Å². The van der Waals surface area contributed by atoms with Gasteiger partial charge in [-0.2, -0.15) is 0 Å². The Labute approximate surface area is 192 Å². The standard InChI is InChI=1S/C25H38N4O3/c1-4-27-12-14-29(15-13-27)19-23(30)20-32-24-7-6-22(16-25(24)31-3)18-28(5-2)17-21-8-10-26-11-9-21/h6-11,16,23,30H,4-5,12-15,17-20H2,1-3H3/t23-/m1/s1. The van der Waals surface area contributed by atoms with Gasteiger partial charge in [0.1, 0.15) is 12.7 Å². The van der Waals surface area contributed by atoms with E-state index < -0.39 is 6.10 Å². The number of ether oxygens (including phenoxy) is 2. The van der Waals surface area contributed by atoms with Gasteiger partial charge in [0, 0.05) is 58.2 Å². The Morgan fingerprint density at radius 3 is 2.31 bits per heavy atom. The quantitative estimate of drug-likeness (QED) is 0.542. The van der Waals surface area contributed by atoms with Crippen LogP contribution in [0.4, 0.5) is 0 Å². The smallest absolute Gasteiger partial charge is 0.161 e. The number of benzene rings is 1. The van der Waals surface area contributed by atoms with E-state index in [2.05, 4.69) is 51.7 Å². The number of rotatable bonds is 12. The van der Waals surface area contributed by atoms with Crippen molar-refractivity contribution < 1.29 is 14.6 Å². The maximum Gasteiger partial charge on any atom is 0.161 e. The van der Waals surface area contributed by atoms with Gasteiger partial charge in [-0.25, -0.2) is 0 Å². The molecule has 0 saturated carbocycles. The number of aliphatic hydroxyl groups is 1. The number of methoxy groups -OCH3 is 1. The van der Waals surface area contributed by atoms with Crippen molar-refractivity contribution in [2.24, 2.45) is 0 Å². The van der Waals surface area contributed by atoms with E-state index in [0.29, 0.717) is 18.0 Å². The van der Waals surface area contributed by atoms with Crippen LogP contribution in [0.2, 0.25) is 0 Å². The lowest BCUT2D eigenvalue weighted by molar-refractivity contribution is 0.0464. The van der Waals surface area contributed by atoms with Gasteiger partial charge in [0.05, 0.1) is 7.11 Å². The van der Waals surface area contributed by atoms with Gasteiger partial charge in [0.25, 0.3) is 0 Å². The van der Waals surface area contributed by atoms with Gasteiger partial charge >= 0.3 is 0 Å². The van der Waals surface area contributed by atoms with E-state index in [4.69, 9.17) is 9.47 Å². The molecule has 0 amide bonds. The highest BCUT2D eigenvalue weighted by atomic mass is 16.5. The van der Waals surface area contributed by atoms with Gasteiger partial charge < -0.3 is 19.5 Å². The first-order valence-electron chi connectivity index (χ1n) is 11.6. The number of pyridine rings is 1. The molecule has 1 aromatic heterocycles. The summed E-state index contributed by atoms with van der Waals surface area (Å²) in [5.74, 6) is 1.37. The molecule has 0 radical (unpaired) electrons. The summed E-state index contributed by atoms with van der Waals surface area (Å²) in [7, 11) is 1.66. The molecular formula is C25H38N4O3. The van der Waals surface area contributed by atoms with Crippen LogP contribution in [0.25, 0.3) is 0 Å². The summed E-state index contributed by atoms with van der Waals surface area (Å²) < 4.78 is 11.5. The summed E-state index contributed by atoms with van der Waals surface area (Å²) in [4.78, 5) is 11.2. The predicted octanol–water partition coefficient (Wildman–Crippen LogP) is 2.49. The lowest BCUT2D eigenvalue weighted by Gasteiger charge is -2.34. The molecule has 1 aliphatic rings. The maximum absolute atomic E-state index is 10.5. The normalized spacial score (nSPS) is 16.3. The van der Waals surface area contributed by atoms with Crippen LogP contribution < -0.4 is 9.47 Å². The summed E-state index contributed by atoms with van der Waals surface area (Å²) in [5, 5.41) is 10.5. The average Bonchev–Trinajstić information content (AvgIpc) is 2.83. The predicted molar refractivity (Wildman–Crippen MR) is 127 cm³/mol. The van der Waals surface area contributed by atoms with Gasteiger partial charge in [0.2, 0.25) is 0 Å². The zero-order chi connectivity index (χ0) is 22.8. The van der Waals surface area contributed by atoms with Crippen molar-refractivity contribution in [2.75, 3.05) is 59.5 Å². The Morgan fingerprint density at radius 2 is 1.66 bits per heavy atom. The number of nitrogens with zero attached hydrogens (tertiary/aromatic N) is 4. The number of β-amino-alcohol motifs (C(OH)–C–C–N with tert-alkyl or cyclic N) is 1. The number of hydrogen-bond donors (Lipinski definition) is 1. The fourth-order valence-electron chi connectivity index (χ4n) is 4.04. The van der Waals surface area contributed by atoms with E-state index in [0.717, 1.165) is 52.4 Å². The van der Waals surface area contributed by atoms with Crippen LogP contribution >= 0.6 is 0 Å². The average molecular weight is 443 g/mol. The fraction of sp³-hybridized carbons (Fsp3) is 0.560. The molecule has 1 atom stereocenters. The minimum atomic E-state index is -0.525. The molecule has 1 aromatic carbocycles. The van der Waals surface area contributed by atoms with Crippen LogP contribution in [-0.4, -0.2) is 90.4 Å². The van der Waals surface area contributed by atoms with Crippen molar-refractivity contribution in [2.45, 2.75) is 33.0 Å².